The Morgan fingerprint density at radius 3 is 2.24 bits per heavy atom. The third-order valence-corrected chi connectivity index (χ3v) is 3.48. The van der Waals surface area contributed by atoms with Crippen LogP contribution in [0.25, 0.3) is 0 Å². The molecule has 0 spiro atoms. The van der Waals surface area contributed by atoms with Crippen LogP contribution in [0, 0.1) is 5.82 Å². The normalized spacial score (nSPS) is 13.6. The van der Waals surface area contributed by atoms with Gasteiger partial charge in [0, 0.05) is 6.42 Å². The largest absolute Gasteiger partial charge is 0.497 e. The zero-order valence-corrected chi connectivity index (χ0v) is 12.4. The van der Waals surface area contributed by atoms with Gasteiger partial charge in [-0.3, -0.25) is 0 Å². The Kier molecular flexibility index (Phi) is 4.48. The van der Waals surface area contributed by atoms with Crippen molar-refractivity contribution in [2.75, 3.05) is 14.2 Å². The molecule has 1 atom stereocenters. The van der Waals surface area contributed by atoms with Crippen molar-refractivity contribution in [1.29, 1.82) is 0 Å². The maximum atomic E-state index is 13.8. The van der Waals surface area contributed by atoms with E-state index in [9.17, 15) is 9.50 Å². The molecular weight excluding hydrogens is 271 g/mol. The van der Waals surface area contributed by atoms with E-state index in [1.54, 1.807) is 20.1 Å². The van der Waals surface area contributed by atoms with Crippen LogP contribution < -0.4 is 9.47 Å². The topological polar surface area (TPSA) is 38.7 Å². The van der Waals surface area contributed by atoms with Crippen LogP contribution in [0.4, 0.5) is 4.39 Å². The molecule has 1 N–H and O–H groups in total. The summed E-state index contributed by atoms with van der Waals surface area (Å²) in [6.07, 6.45) is 0.378. The molecular formula is C17H19FO3. The minimum Gasteiger partial charge on any atom is -0.497 e. The molecule has 2 rings (SSSR count). The Hall–Kier alpha value is -2.07. The van der Waals surface area contributed by atoms with Crippen LogP contribution in [-0.2, 0) is 12.0 Å². The van der Waals surface area contributed by atoms with Crippen molar-refractivity contribution < 1.29 is 19.0 Å². The molecule has 4 heteroatoms. The van der Waals surface area contributed by atoms with Crippen LogP contribution in [-0.4, -0.2) is 19.3 Å². The van der Waals surface area contributed by atoms with Crippen LogP contribution in [0.1, 0.15) is 18.1 Å². The van der Waals surface area contributed by atoms with Gasteiger partial charge in [0.2, 0.25) is 0 Å². The van der Waals surface area contributed by atoms with Gasteiger partial charge in [0.1, 0.15) is 5.75 Å². The van der Waals surface area contributed by atoms with Gasteiger partial charge < -0.3 is 14.6 Å². The Labute approximate surface area is 124 Å². The fourth-order valence-corrected chi connectivity index (χ4v) is 2.24. The smallest absolute Gasteiger partial charge is 0.165 e. The van der Waals surface area contributed by atoms with E-state index in [2.05, 4.69) is 0 Å². The molecule has 1 unspecified atom stereocenters. The second kappa shape index (κ2) is 6.14. The summed E-state index contributed by atoms with van der Waals surface area (Å²) in [6.45, 7) is 1.67. The van der Waals surface area contributed by atoms with E-state index in [4.69, 9.17) is 9.47 Å². The lowest BCUT2D eigenvalue weighted by Gasteiger charge is -2.24. The summed E-state index contributed by atoms with van der Waals surface area (Å²) in [4.78, 5) is 0. The first kappa shape index (κ1) is 15.3. The highest BCUT2D eigenvalue weighted by Crippen LogP contribution is 2.29. The maximum absolute atomic E-state index is 13.8. The SMILES string of the molecule is COc1ccc(CC(C)(O)c2ccc(OC)c(F)c2)cc1. The molecule has 0 fully saturated rings. The van der Waals surface area contributed by atoms with Gasteiger partial charge in [-0.25, -0.2) is 4.39 Å². The first-order valence-electron chi connectivity index (χ1n) is 6.65. The molecule has 0 radical (unpaired) electrons. The second-order valence-corrected chi connectivity index (χ2v) is 5.15. The molecule has 112 valence electrons. The quantitative estimate of drug-likeness (QED) is 0.918. The minimum absolute atomic E-state index is 0.166. The second-order valence-electron chi connectivity index (χ2n) is 5.15. The molecule has 0 bridgehead atoms. The summed E-state index contributed by atoms with van der Waals surface area (Å²) in [5.74, 6) is 0.442. The van der Waals surface area contributed by atoms with Crippen LogP contribution in [0.2, 0.25) is 0 Å². The summed E-state index contributed by atoms with van der Waals surface area (Å²) in [5.41, 5.74) is 0.287. The van der Waals surface area contributed by atoms with Gasteiger partial charge in [-0.15, -0.1) is 0 Å². The standard InChI is InChI=1S/C17H19FO3/c1-17(19,11-12-4-7-14(20-2)8-5-12)13-6-9-16(21-3)15(18)10-13/h4-10,19H,11H2,1-3H3. The van der Waals surface area contributed by atoms with Crippen molar-refractivity contribution in [2.24, 2.45) is 0 Å². The van der Waals surface area contributed by atoms with Gasteiger partial charge in [-0.2, -0.15) is 0 Å². The van der Waals surface area contributed by atoms with Crippen molar-refractivity contribution in [3.8, 4) is 11.5 Å². The third kappa shape index (κ3) is 3.52. The average molecular weight is 290 g/mol. The van der Waals surface area contributed by atoms with Gasteiger partial charge in [0.05, 0.1) is 19.8 Å². The molecule has 0 aromatic heterocycles. The highest BCUT2D eigenvalue weighted by Gasteiger charge is 2.24. The highest BCUT2D eigenvalue weighted by atomic mass is 19.1. The van der Waals surface area contributed by atoms with Crippen LogP contribution in [0.5, 0.6) is 11.5 Å². The molecule has 21 heavy (non-hydrogen) atoms. The number of halogens is 1. The summed E-state index contributed by atoms with van der Waals surface area (Å²) in [6, 6.07) is 11.9. The van der Waals surface area contributed by atoms with Crippen LogP contribution in [0.15, 0.2) is 42.5 Å². The monoisotopic (exact) mass is 290 g/mol. The fourth-order valence-electron chi connectivity index (χ4n) is 2.24. The molecule has 3 nitrogen and oxygen atoms in total. The number of rotatable bonds is 5. The molecule has 0 saturated carbocycles. The molecule has 2 aromatic rings. The average Bonchev–Trinajstić information content (AvgIpc) is 2.47. The molecule has 0 aliphatic rings. The van der Waals surface area contributed by atoms with E-state index in [1.165, 1.54) is 19.2 Å². The predicted octanol–water partition coefficient (Wildman–Crippen LogP) is 3.29. The van der Waals surface area contributed by atoms with Crippen LogP contribution in [0.3, 0.4) is 0 Å². The van der Waals surface area contributed by atoms with Gasteiger partial charge >= 0.3 is 0 Å². The van der Waals surface area contributed by atoms with E-state index in [1.807, 2.05) is 24.3 Å². The van der Waals surface area contributed by atoms with Crippen molar-refractivity contribution in [2.45, 2.75) is 18.9 Å². The van der Waals surface area contributed by atoms with Crippen molar-refractivity contribution in [1.82, 2.24) is 0 Å². The summed E-state index contributed by atoms with van der Waals surface area (Å²) in [7, 11) is 3.01. The third-order valence-electron chi connectivity index (χ3n) is 3.48. The number of benzene rings is 2. The van der Waals surface area contributed by atoms with Gasteiger partial charge in [-0.05, 0) is 42.3 Å². The van der Waals surface area contributed by atoms with Crippen LogP contribution >= 0.6 is 0 Å². The zero-order chi connectivity index (χ0) is 15.5. The maximum Gasteiger partial charge on any atom is 0.165 e. The van der Waals surface area contributed by atoms with E-state index in [-0.39, 0.29) is 5.75 Å². The predicted molar refractivity (Wildman–Crippen MR) is 79.2 cm³/mol. The number of methoxy groups -OCH3 is 2. The van der Waals surface area contributed by atoms with Gasteiger partial charge in [0.15, 0.2) is 11.6 Å². The Bertz CT molecular complexity index is 606. The molecule has 0 amide bonds. The number of ether oxygens (including phenoxy) is 2. The van der Waals surface area contributed by atoms with Gasteiger partial charge in [-0.1, -0.05) is 18.2 Å². The van der Waals surface area contributed by atoms with E-state index in [0.29, 0.717) is 12.0 Å². The first-order valence-corrected chi connectivity index (χ1v) is 6.65. The lowest BCUT2D eigenvalue weighted by atomic mass is 9.89. The van der Waals surface area contributed by atoms with Crippen molar-refractivity contribution >= 4 is 0 Å². The lowest BCUT2D eigenvalue weighted by Crippen LogP contribution is -2.24. The van der Waals surface area contributed by atoms with E-state index < -0.39 is 11.4 Å². The Balaban J connectivity index is 2.22. The minimum atomic E-state index is -1.16. The lowest BCUT2D eigenvalue weighted by molar-refractivity contribution is 0.0572. The molecule has 2 aromatic carbocycles. The van der Waals surface area contributed by atoms with Crippen molar-refractivity contribution in [3.05, 3.63) is 59.4 Å². The summed E-state index contributed by atoms with van der Waals surface area (Å²) in [5, 5.41) is 10.6. The Morgan fingerprint density at radius 2 is 1.71 bits per heavy atom. The molecule has 0 heterocycles. The number of hydrogen-bond acceptors (Lipinski definition) is 3. The first-order chi connectivity index (χ1) is 9.96. The molecule has 0 saturated heterocycles. The van der Waals surface area contributed by atoms with Gasteiger partial charge in [0.25, 0.3) is 0 Å². The summed E-state index contributed by atoms with van der Waals surface area (Å²) >= 11 is 0. The van der Waals surface area contributed by atoms with E-state index in [0.717, 1.165) is 11.3 Å². The molecule has 0 aliphatic heterocycles. The van der Waals surface area contributed by atoms with Crippen molar-refractivity contribution in [3.63, 3.8) is 0 Å². The molecule has 0 aliphatic carbocycles. The van der Waals surface area contributed by atoms with E-state index >= 15 is 0 Å². The Morgan fingerprint density at radius 1 is 1.05 bits per heavy atom. The highest BCUT2D eigenvalue weighted by molar-refractivity contribution is 5.34. The fraction of sp³-hybridized carbons (Fsp3) is 0.294. The summed E-state index contributed by atoms with van der Waals surface area (Å²) < 4.78 is 23.8. The number of hydrogen-bond donors (Lipinski definition) is 1. The number of aliphatic hydroxyl groups is 1. The zero-order valence-electron chi connectivity index (χ0n) is 12.4.